The fourth-order valence-electron chi connectivity index (χ4n) is 3.23. The molecule has 0 atom stereocenters. The van der Waals surface area contributed by atoms with Gasteiger partial charge in [0.1, 0.15) is 0 Å². The number of hydrogen-bond acceptors (Lipinski definition) is 2. The zero-order chi connectivity index (χ0) is 18.5. The first-order valence-electron chi connectivity index (χ1n) is 8.84. The van der Waals surface area contributed by atoms with Gasteiger partial charge in [-0.2, -0.15) is 0 Å². The number of carbonyl (C=O) groups is 1. The lowest BCUT2D eigenvalue weighted by Gasteiger charge is -2.13. The van der Waals surface area contributed by atoms with Crippen LogP contribution in [0, 0.1) is 3.70 Å². The molecule has 0 fully saturated rings. The van der Waals surface area contributed by atoms with Crippen LogP contribution in [0.15, 0.2) is 60.7 Å². The Morgan fingerprint density at radius 3 is 2.19 bits per heavy atom. The minimum absolute atomic E-state index is 0.238. The zero-order valence-corrected chi connectivity index (χ0v) is 17.2. The summed E-state index contributed by atoms with van der Waals surface area (Å²) in [6, 6.07) is 20.6. The van der Waals surface area contributed by atoms with Gasteiger partial charge in [-0.05, 0) is 52.6 Å². The molecule has 1 heterocycles. The minimum atomic E-state index is -0.238. The Kier molecular flexibility index (Phi) is 6.14. The normalized spacial score (nSPS) is 10.7. The molecule has 0 spiro atoms. The van der Waals surface area contributed by atoms with E-state index in [4.69, 9.17) is 4.74 Å². The predicted octanol–water partition coefficient (Wildman–Crippen LogP) is 5.55. The number of benzene rings is 2. The second-order valence-electron chi connectivity index (χ2n) is 6.00. The molecule has 0 bridgehead atoms. The average Bonchev–Trinajstić information content (AvgIpc) is 2.95. The van der Waals surface area contributed by atoms with Crippen LogP contribution in [0.25, 0.3) is 11.3 Å². The second-order valence-corrected chi connectivity index (χ2v) is 7.03. The molecule has 3 rings (SSSR count). The van der Waals surface area contributed by atoms with E-state index in [1.54, 1.807) is 0 Å². The number of nitrogens with zero attached hydrogens (tertiary/aromatic N) is 1. The Hall–Kier alpha value is -2.08. The molecule has 0 N–H and O–H groups in total. The maximum atomic E-state index is 12.7. The molecule has 0 amide bonds. The Morgan fingerprint density at radius 2 is 1.62 bits per heavy atom. The van der Waals surface area contributed by atoms with E-state index in [9.17, 15) is 4.79 Å². The number of hydrogen-bond donors (Lipinski definition) is 0. The summed E-state index contributed by atoms with van der Waals surface area (Å²) < 4.78 is 8.51. The molecule has 2 aromatic carbocycles. The van der Waals surface area contributed by atoms with E-state index in [2.05, 4.69) is 58.3 Å². The average molecular weight is 459 g/mol. The van der Waals surface area contributed by atoms with Crippen LogP contribution in [0.5, 0.6) is 0 Å². The Labute approximate surface area is 168 Å². The van der Waals surface area contributed by atoms with Gasteiger partial charge in [0.25, 0.3) is 0 Å². The summed E-state index contributed by atoms with van der Waals surface area (Å²) in [5.41, 5.74) is 5.17. The SMILES string of the molecule is CCOC(=O)c1c(CC)c(-c2ccccc2)n(Cc2ccccc2)c1I. The third-order valence-corrected chi connectivity index (χ3v) is 5.49. The van der Waals surface area contributed by atoms with Gasteiger partial charge >= 0.3 is 5.97 Å². The third kappa shape index (κ3) is 3.70. The fraction of sp³-hybridized carbons (Fsp3) is 0.227. The topological polar surface area (TPSA) is 31.2 Å². The van der Waals surface area contributed by atoms with Crippen LogP contribution in [-0.4, -0.2) is 17.1 Å². The molecule has 1 aromatic heterocycles. The highest BCUT2D eigenvalue weighted by molar-refractivity contribution is 14.1. The Bertz CT molecular complexity index is 886. The number of esters is 1. The maximum absolute atomic E-state index is 12.7. The van der Waals surface area contributed by atoms with Gasteiger partial charge in [-0.3, -0.25) is 0 Å². The quantitative estimate of drug-likeness (QED) is 0.358. The summed E-state index contributed by atoms with van der Waals surface area (Å²) in [5, 5.41) is 0. The molecule has 0 radical (unpaired) electrons. The zero-order valence-electron chi connectivity index (χ0n) is 15.0. The smallest absolute Gasteiger partial charge is 0.341 e. The van der Waals surface area contributed by atoms with E-state index >= 15 is 0 Å². The van der Waals surface area contributed by atoms with E-state index in [0.29, 0.717) is 12.2 Å². The molecule has 134 valence electrons. The first-order chi connectivity index (χ1) is 12.7. The van der Waals surface area contributed by atoms with Crippen molar-refractivity contribution in [3.63, 3.8) is 0 Å². The number of carbonyl (C=O) groups excluding carboxylic acids is 1. The largest absolute Gasteiger partial charge is 0.462 e. The van der Waals surface area contributed by atoms with Crippen LogP contribution < -0.4 is 0 Å². The molecular formula is C22H22INO2. The van der Waals surface area contributed by atoms with Crippen LogP contribution in [-0.2, 0) is 17.7 Å². The molecule has 0 aliphatic heterocycles. The van der Waals surface area contributed by atoms with Crippen LogP contribution in [0.1, 0.15) is 35.3 Å². The molecule has 0 aliphatic rings. The minimum Gasteiger partial charge on any atom is -0.462 e. The number of aromatic nitrogens is 1. The summed E-state index contributed by atoms with van der Waals surface area (Å²) in [6.45, 7) is 5.03. The van der Waals surface area contributed by atoms with Crippen LogP contribution >= 0.6 is 22.6 Å². The Morgan fingerprint density at radius 1 is 1.00 bits per heavy atom. The van der Waals surface area contributed by atoms with Crippen molar-refractivity contribution in [2.24, 2.45) is 0 Å². The Balaban J connectivity index is 2.22. The van der Waals surface area contributed by atoms with Gasteiger partial charge in [-0.15, -0.1) is 0 Å². The molecular weight excluding hydrogens is 437 g/mol. The lowest BCUT2D eigenvalue weighted by atomic mass is 10.0. The maximum Gasteiger partial charge on any atom is 0.341 e. The lowest BCUT2D eigenvalue weighted by molar-refractivity contribution is 0.0524. The fourth-order valence-corrected chi connectivity index (χ4v) is 4.19. The first-order valence-corrected chi connectivity index (χ1v) is 9.92. The van der Waals surface area contributed by atoms with Crippen molar-refractivity contribution >= 4 is 28.6 Å². The monoisotopic (exact) mass is 459 g/mol. The highest BCUT2D eigenvalue weighted by Gasteiger charge is 2.26. The van der Waals surface area contributed by atoms with Crippen LogP contribution in [0.3, 0.4) is 0 Å². The van der Waals surface area contributed by atoms with Crippen molar-refractivity contribution in [3.8, 4) is 11.3 Å². The van der Waals surface area contributed by atoms with Crippen molar-refractivity contribution in [1.82, 2.24) is 4.57 Å². The van der Waals surface area contributed by atoms with E-state index in [1.165, 1.54) is 5.56 Å². The molecule has 4 heteroatoms. The van der Waals surface area contributed by atoms with Crippen molar-refractivity contribution in [2.45, 2.75) is 26.8 Å². The van der Waals surface area contributed by atoms with Crippen molar-refractivity contribution in [3.05, 3.63) is 81.1 Å². The van der Waals surface area contributed by atoms with Crippen molar-refractivity contribution < 1.29 is 9.53 Å². The van der Waals surface area contributed by atoms with Gasteiger partial charge in [-0.1, -0.05) is 67.6 Å². The summed E-state index contributed by atoms with van der Waals surface area (Å²) in [5.74, 6) is -0.238. The summed E-state index contributed by atoms with van der Waals surface area (Å²) in [4.78, 5) is 12.7. The molecule has 0 unspecified atom stereocenters. The van der Waals surface area contributed by atoms with Crippen molar-refractivity contribution in [2.75, 3.05) is 6.61 Å². The number of ether oxygens (including phenoxy) is 1. The summed E-state index contributed by atoms with van der Waals surface area (Å²) in [6.07, 6.45) is 0.774. The molecule has 0 saturated carbocycles. The van der Waals surface area contributed by atoms with Gasteiger partial charge < -0.3 is 9.30 Å². The van der Waals surface area contributed by atoms with E-state index in [0.717, 1.165) is 33.5 Å². The number of rotatable bonds is 6. The van der Waals surface area contributed by atoms with Crippen molar-refractivity contribution in [1.29, 1.82) is 0 Å². The highest BCUT2D eigenvalue weighted by Crippen LogP contribution is 2.34. The van der Waals surface area contributed by atoms with Gasteiger partial charge in [0.2, 0.25) is 0 Å². The highest BCUT2D eigenvalue weighted by atomic mass is 127. The molecule has 3 aromatic rings. The van der Waals surface area contributed by atoms with E-state index < -0.39 is 0 Å². The van der Waals surface area contributed by atoms with Gasteiger partial charge in [0.05, 0.1) is 21.6 Å². The molecule has 3 nitrogen and oxygen atoms in total. The molecule has 26 heavy (non-hydrogen) atoms. The lowest BCUT2D eigenvalue weighted by Crippen LogP contribution is -2.09. The van der Waals surface area contributed by atoms with E-state index in [-0.39, 0.29) is 5.97 Å². The standard InChI is InChI=1S/C22H22INO2/c1-3-18-19(22(25)26-4-2)21(23)24(15-16-11-7-5-8-12-16)20(18)17-13-9-6-10-14-17/h5-14H,3-4,15H2,1-2H3. The summed E-state index contributed by atoms with van der Waals surface area (Å²) in [7, 11) is 0. The molecule has 0 saturated heterocycles. The van der Waals surface area contributed by atoms with Crippen LogP contribution in [0.2, 0.25) is 0 Å². The first kappa shape index (κ1) is 18.7. The number of halogens is 1. The molecule has 0 aliphatic carbocycles. The third-order valence-electron chi connectivity index (χ3n) is 4.36. The van der Waals surface area contributed by atoms with Crippen LogP contribution in [0.4, 0.5) is 0 Å². The summed E-state index contributed by atoms with van der Waals surface area (Å²) >= 11 is 2.28. The van der Waals surface area contributed by atoms with E-state index in [1.807, 2.05) is 43.3 Å². The second kappa shape index (κ2) is 8.54. The van der Waals surface area contributed by atoms with Gasteiger partial charge in [0, 0.05) is 6.54 Å². The van der Waals surface area contributed by atoms with Gasteiger partial charge in [-0.25, -0.2) is 4.79 Å². The van der Waals surface area contributed by atoms with Gasteiger partial charge in [0.15, 0.2) is 0 Å². The predicted molar refractivity (Wildman–Crippen MR) is 113 cm³/mol.